The third-order valence-electron chi connectivity index (χ3n) is 2.51. The van der Waals surface area contributed by atoms with Crippen LogP contribution in [0.4, 0.5) is 0 Å². The van der Waals surface area contributed by atoms with E-state index < -0.39 is 12.0 Å². The van der Waals surface area contributed by atoms with E-state index in [2.05, 4.69) is 22.2 Å². The van der Waals surface area contributed by atoms with Gasteiger partial charge in [0.25, 0.3) is 0 Å². The highest BCUT2D eigenvalue weighted by atomic mass is 35.5. The van der Waals surface area contributed by atoms with Crippen molar-refractivity contribution in [2.45, 2.75) is 38.8 Å². The van der Waals surface area contributed by atoms with Gasteiger partial charge < -0.3 is 21.1 Å². The molecule has 1 heterocycles. The number of hydrogen-bond donors (Lipinski definition) is 4. The van der Waals surface area contributed by atoms with Crippen LogP contribution in [0.5, 0.6) is 0 Å². The molecule has 0 aliphatic heterocycles. The lowest BCUT2D eigenvalue weighted by molar-refractivity contribution is -0.125. The number of amides is 1. The monoisotopic (exact) mass is 274 g/mol. The van der Waals surface area contributed by atoms with E-state index in [0.717, 1.165) is 30.8 Å². The number of carbonyl (C=O) groups excluding carboxylic acids is 1. The maximum Gasteiger partial charge on any atom is 0.247 e. The number of nitrogens with one attached hydrogen (secondary N) is 2. The van der Waals surface area contributed by atoms with Crippen molar-refractivity contribution in [2.24, 2.45) is 5.73 Å². The number of unbranched alkanes of at least 4 members (excludes halogenated alkanes) is 1. The molecule has 5 N–H and O–H groups in total. The second-order valence-electron chi connectivity index (χ2n) is 4.11. The van der Waals surface area contributed by atoms with Crippen molar-refractivity contribution in [3.05, 3.63) is 16.7 Å². The second-order valence-corrected chi connectivity index (χ2v) is 4.46. The standard InChI is InChI=1S/C11H19ClN4O2/c1-2-3-4-9-15-7(10(12)16-9)5-14-6-8(17)11(13)18/h8,14,17H,2-6H2,1H3,(H2,13,18)(H,15,16). The van der Waals surface area contributed by atoms with Crippen molar-refractivity contribution in [1.82, 2.24) is 15.3 Å². The second kappa shape index (κ2) is 7.35. The number of hydrogen-bond acceptors (Lipinski definition) is 4. The van der Waals surface area contributed by atoms with Gasteiger partial charge in [0.15, 0.2) is 5.15 Å². The zero-order valence-electron chi connectivity index (χ0n) is 10.4. The van der Waals surface area contributed by atoms with Gasteiger partial charge in [0, 0.05) is 19.5 Å². The largest absolute Gasteiger partial charge is 0.382 e. The van der Waals surface area contributed by atoms with Crippen LogP contribution in [0, 0.1) is 0 Å². The molecule has 0 aromatic carbocycles. The molecular formula is C11H19ClN4O2. The van der Waals surface area contributed by atoms with Gasteiger partial charge in [0.05, 0.1) is 5.69 Å². The van der Waals surface area contributed by atoms with Gasteiger partial charge >= 0.3 is 0 Å². The summed E-state index contributed by atoms with van der Waals surface area (Å²) < 4.78 is 0. The summed E-state index contributed by atoms with van der Waals surface area (Å²) in [6.07, 6.45) is 1.82. The molecule has 0 radical (unpaired) electrons. The molecule has 1 aromatic heterocycles. The number of aryl methyl sites for hydroxylation is 1. The van der Waals surface area contributed by atoms with Gasteiger partial charge in [0.2, 0.25) is 5.91 Å². The van der Waals surface area contributed by atoms with Crippen LogP contribution in [0.25, 0.3) is 0 Å². The molecular weight excluding hydrogens is 256 g/mol. The number of aromatic nitrogens is 2. The first-order valence-electron chi connectivity index (χ1n) is 5.96. The first kappa shape index (κ1) is 14.9. The van der Waals surface area contributed by atoms with Gasteiger partial charge in [-0.25, -0.2) is 4.98 Å². The topological polar surface area (TPSA) is 104 Å². The Hall–Kier alpha value is -1.11. The predicted molar refractivity (Wildman–Crippen MR) is 69.1 cm³/mol. The first-order valence-corrected chi connectivity index (χ1v) is 6.33. The van der Waals surface area contributed by atoms with E-state index in [1.165, 1.54) is 0 Å². The third kappa shape index (κ3) is 4.64. The number of aliphatic hydroxyl groups is 1. The van der Waals surface area contributed by atoms with E-state index in [0.29, 0.717) is 11.7 Å². The van der Waals surface area contributed by atoms with E-state index in [9.17, 15) is 9.90 Å². The van der Waals surface area contributed by atoms with Gasteiger partial charge in [-0.1, -0.05) is 24.9 Å². The van der Waals surface area contributed by atoms with E-state index in [1.807, 2.05) is 0 Å². The highest BCUT2D eigenvalue weighted by Crippen LogP contribution is 2.13. The zero-order chi connectivity index (χ0) is 13.5. The molecule has 1 amide bonds. The number of halogens is 1. The van der Waals surface area contributed by atoms with Gasteiger partial charge in [-0.15, -0.1) is 0 Å². The molecule has 1 rings (SSSR count). The SMILES string of the molecule is CCCCc1nc(Cl)c(CNCC(O)C(N)=O)[nH]1. The number of rotatable bonds is 8. The van der Waals surface area contributed by atoms with Crippen LogP contribution in [-0.2, 0) is 17.8 Å². The van der Waals surface area contributed by atoms with Crippen LogP contribution >= 0.6 is 11.6 Å². The average molecular weight is 275 g/mol. The lowest BCUT2D eigenvalue weighted by atomic mass is 10.2. The Balaban J connectivity index is 2.42. The molecule has 1 unspecified atom stereocenters. The Kier molecular flexibility index (Phi) is 6.11. The maximum absolute atomic E-state index is 10.6. The summed E-state index contributed by atoms with van der Waals surface area (Å²) in [7, 11) is 0. The Morgan fingerprint density at radius 1 is 1.67 bits per heavy atom. The number of aromatic amines is 1. The summed E-state index contributed by atoms with van der Waals surface area (Å²) in [4.78, 5) is 17.9. The van der Waals surface area contributed by atoms with E-state index in [-0.39, 0.29) is 6.54 Å². The fraction of sp³-hybridized carbons (Fsp3) is 0.636. The van der Waals surface area contributed by atoms with Crippen LogP contribution in [0.1, 0.15) is 31.3 Å². The molecule has 0 spiro atoms. The zero-order valence-corrected chi connectivity index (χ0v) is 11.1. The summed E-state index contributed by atoms with van der Waals surface area (Å²) in [5, 5.41) is 12.5. The van der Waals surface area contributed by atoms with E-state index in [1.54, 1.807) is 0 Å². The molecule has 0 bridgehead atoms. The van der Waals surface area contributed by atoms with Gasteiger partial charge in [-0.3, -0.25) is 4.79 Å². The Morgan fingerprint density at radius 3 is 3.00 bits per heavy atom. The maximum atomic E-state index is 10.6. The Morgan fingerprint density at radius 2 is 2.39 bits per heavy atom. The Bertz CT molecular complexity index is 394. The number of primary amides is 1. The third-order valence-corrected chi connectivity index (χ3v) is 2.82. The fourth-order valence-electron chi connectivity index (χ4n) is 1.45. The summed E-state index contributed by atoms with van der Waals surface area (Å²) >= 11 is 5.97. The number of imidazole rings is 1. The predicted octanol–water partition coefficient (Wildman–Crippen LogP) is 0.341. The van der Waals surface area contributed by atoms with Crippen LogP contribution in [0.2, 0.25) is 5.15 Å². The van der Waals surface area contributed by atoms with E-state index >= 15 is 0 Å². The lowest BCUT2D eigenvalue weighted by Gasteiger charge is -2.07. The molecule has 0 saturated carbocycles. The Labute approximate surface area is 111 Å². The summed E-state index contributed by atoms with van der Waals surface area (Å²) in [5.41, 5.74) is 5.68. The number of carbonyl (C=O) groups is 1. The molecule has 0 aliphatic carbocycles. The average Bonchev–Trinajstić information content (AvgIpc) is 2.67. The number of nitrogens with two attached hydrogens (primary N) is 1. The first-order chi connectivity index (χ1) is 8.54. The molecule has 7 heteroatoms. The van der Waals surface area contributed by atoms with E-state index in [4.69, 9.17) is 17.3 Å². The molecule has 6 nitrogen and oxygen atoms in total. The highest BCUT2D eigenvalue weighted by molar-refractivity contribution is 6.30. The van der Waals surface area contributed by atoms with Crippen LogP contribution in [0.15, 0.2) is 0 Å². The normalized spacial score (nSPS) is 12.6. The van der Waals surface area contributed by atoms with Crippen molar-refractivity contribution < 1.29 is 9.90 Å². The van der Waals surface area contributed by atoms with Crippen LogP contribution in [0.3, 0.4) is 0 Å². The van der Waals surface area contributed by atoms with Crippen molar-refractivity contribution in [3.63, 3.8) is 0 Å². The molecule has 1 aromatic rings. The quantitative estimate of drug-likeness (QED) is 0.549. The molecule has 0 fully saturated rings. The molecule has 1 atom stereocenters. The van der Waals surface area contributed by atoms with Crippen molar-refractivity contribution in [3.8, 4) is 0 Å². The lowest BCUT2D eigenvalue weighted by Crippen LogP contribution is -2.37. The van der Waals surface area contributed by atoms with Gasteiger partial charge in [0.1, 0.15) is 11.9 Å². The minimum atomic E-state index is -1.19. The van der Waals surface area contributed by atoms with Crippen molar-refractivity contribution in [2.75, 3.05) is 6.54 Å². The molecule has 18 heavy (non-hydrogen) atoms. The minimum Gasteiger partial charge on any atom is -0.382 e. The van der Waals surface area contributed by atoms with Crippen molar-refractivity contribution >= 4 is 17.5 Å². The highest BCUT2D eigenvalue weighted by Gasteiger charge is 2.11. The number of nitrogens with zero attached hydrogens (tertiary/aromatic N) is 1. The smallest absolute Gasteiger partial charge is 0.247 e. The molecule has 0 saturated heterocycles. The molecule has 102 valence electrons. The number of aliphatic hydroxyl groups excluding tert-OH is 1. The van der Waals surface area contributed by atoms with Gasteiger partial charge in [-0.05, 0) is 6.42 Å². The summed E-state index contributed by atoms with van der Waals surface area (Å²) in [6.45, 7) is 2.61. The van der Waals surface area contributed by atoms with Crippen molar-refractivity contribution in [1.29, 1.82) is 0 Å². The molecule has 0 aliphatic rings. The fourth-order valence-corrected chi connectivity index (χ4v) is 1.67. The van der Waals surface area contributed by atoms with Crippen LogP contribution < -0.4 is 11.1 Å². The van der Waals surface area contributed by atoms with Crippen LogP contribution in [-0.4, -0.2) is 33.6 Å². The minimum absolute atomic E-state index is 0.0922. The number of H-pyrrole nitrogens is 1. The summed E-state index contributed by atoms with van der Waals surface area (Å²) in [5.74, 6) is 0.107. The van der Waals surface area contributed by atoms with Gasteiger partial charge in [-0.2, -0.15) is 0 Å². The summed E-state index contributed by atoms with van der Waals surface area (Å²) in [6, 6.07) is 0.